The number of alkyl halides is 3. The number of carbonyl (C=O) groups excluding carboxylic acids is 1. The van der Waals surface area contributed by atoms with Crippen LogP contribution in [0, 0.1) is 0 Å². The summed E-state index contributed by atoms with van der Waals surface area (Å²) < 4.78 is 37.5. The van der Waals surface area contributed by atoms with Gasteiger partial charge in [-0.2, -0.15) is 18.3 Å². The Morgan fingerprint density at radius 1 is 1.50 bits per heavy atom. The molecule has 0 aromatic carbocycles. The van der Waals surface area contributed by atoms with Gasteiger partial charge in [0.05, 0.1) is 0 Å². The molecule has 6 heteroatoms. The van der Waals surface area contributed by atoms with Gasteiger partial charge in [-0.3, -0.25) is 4.68 Å². The molecule has 1 fully saturated rings. The third kappa shape index (κ3) is 1.30. The topological polar surface area (TPSA) is 34.9 Å². The van der Waals surface area contributed by atoms with Crippen LogP contribution in [0.5, 0.6) is 0 Å². The number of rotatable bonds is 2. The summed E-state index contributed by atoms with van der Waals surface area (Å²) in [6.45, 7) is 0. The van der Waals surface area contributed by atoms with Crippen molar-refractivity contribution in [2.75, 3.05) is 0 Å². The maximum Gasteiger partial charge on any atom is 0.435 e. The number of aldehydes is 1. The van der Waals surface area contributed by atoms with Gasteiger partial charge in [-0.15, -0.1) is 0 Å². The van der Waals surface area contributed by atoms with Crippen molar-refractivity contribution in [1.29, 1.82) is 0 Å². The molecule has 0 spiro atoms. The van der Waals surface area contributed by atoms with Crippen LogP contribution in [0.3, 0.4) is 0 Å². The first-order valence-electron chi connectivity index (χ1n) is 4.08. The average molecular weight is 204 g/mol. The molecule has 0 saturated heterocycles. The van der Waals surface area contributed by atoms with Crippen molar-refractivity contribution < 1.29 is 18.0 Å². The van der Waals surface area contributed by atoms with Crippen LogP contribution in [-0.2, 0) is 16.5 Å². The van der Waals surface area contributed by atoms with Gasteiger partial charge in [0.15, 0.2) is 5.69 Å². The predicted molar refractivity (Wildman–Crippen MR) is 40.5 cm³/mol. The lowest BCUT2D eigenvalue weighted by atomic mass is 10.3. The number of aromatic nitrogens is 2. The third-order valence-corrected chi connectivity index (χ3v) is 2.32. The first kappa shape index (κ1) is 9.23. The van der Waals surface area contributed by atoms with Gasteiger partial charge in [0.2, 0.25) is 0 Å². The van der Waals surface area contributed by atoms with Crippen LogP contribution >= 0.6 is 0 Å². The molecule has 0 aliphatic heterocycles. The van der Waals surface area contributed by atoms with Crippen LogP contribution in [0.2, 0.25) is 0 Å². The highest BCUT2D eigenvalue weighted by Crippen LogP contribution is 2.41. The van der Waals surface area contributed by atoms with E-state index in [1.807, 2.05) is 0 Å². The first-order chi connectivity index (χ1) is 6.48. The fourth-order valence-corrected chi connectivity index (χ4v) is 1.25. The summed E-state index contributed by atoms with van der Waals surface area (Å²) in [4.78, 5) is 10.6. The minimum absolute atomic E-state index is 0.565. The van der Waals surface area contributed by atoms with Crippen molar-refractivity contribution in [3.63, 3.8) is 0 Å². The molecule has 1 aromatic rings. The Morgan fingerprint density at radius 2 is 2.14 bits per heavy atom. The van der Waals surface area contributed by atoms with E-state index in [0.29, 0.717) is 19.1 Å². The Labute approximate surface area is 77.5 Å². The molecule has 0 N–H and O–H groups in total. The lowest BCUT2D eigenvalue weighted by Crippen LogP contribution is -2.20. The Kier molecular flexibility index (Phi) is 1.71. The highest BCUT2D eigenvalue weighted by atomic mass is 19.4. The summed E-state index contributed by atoms with van der Waals surface area (Å²) in [7, 11) is 0. The van der Waals surface area contributed by atoms with Crippen LogP contribution in [0.25, 0.3) is 0 Å². The van der Waals surface area contributed by atoms with Crippen LogP contribution in [-0.4, -0.2) is 16.1 Å². The number of hydrogen-bond donors (Lipinski definition) is 0. The first-order valence-corrected chi connectivity index (χ1v) is 4.08. The smallest absolute Gasteiger partial charge is 0.301 e. The minimum Gasteiger partial charge on any atom is -0.301 e. The van der Waals surface area contributed by atoms with Gasteiger partial charge in [0.1, 0.15) is 11.8 Å². The van der Waals surface area contributed by atoms with Gasteiger partial charge in [0, 0.05) is 6.20 Å². The zero-order valence-electron chi connectivity index (χ0n) is 7.08. The van der Waals surface area contributed by atoms with Crippen LogP contribution in [0.15, 0.2) is 12.3 Å². The molecule has 0 unspecified atom stereocenters. The highest BCUT2D eigenvalue weighted by molar-refractivity contribution is 5.65. The summed E-state index contributed by atoms with van der Waals surface area (Å²) in [5, 5.41) is 3.35. The SMILES string of the molecule is O=CC1(n2ccc(C(F)(F)F)n2)CC1. The Balaban J connectivity index is 2.31. The van der Waals surface area contributed by atoms with Gasteiger partial charge < -0.3 is 4.79 Å². The predicted octanol–water partition coefficient (Wildman–Crippen LogP) is 1.59. The normalized spacial score (nSPS) is 19.4. The summed E-state index contributed by atoms with van der Waals surface area (Å²) >= 11 is 0. The average Bonchev–Trinajstić information content (AvgIpc) is 2.73. The van der Waals surface area contributed by atoms with Crippen molar-refractivity contribution in [3.8, 4) is 0 Å². The molecule has 1 aliphatic rings. The molecule has 1 aliphatic carbocycles. The zero-order valence-corrected chi connectivity index (χ0v) is 7.08. The second-order valence-corrected chi connectivity index (χ2v) is 3.36. The number of carbonyl (C=O) groups is 1. The molecule has 14 heavy (non-hydrogen) atoms. The van der Waals surface area contributed by atoms with E-state index in [9.17, 15) is 18.0 Å². The molecule has 1 saturated carbocycles. The lowest BCUT2D eigenvalue weighted by Gasteiger charge is -2.07. The molecule has 1 heterocycles. The lowest BCUT2D eigenvalue weighted by molar-refractivity contribution is -0.141. The fourth-order valence-electron chi connectivity index (χ4n) is 1.25. The van der Waals surface area contributed by atoms with Crippen molar-refractivity contribution >= 4 is 6.29 Å². The molecule has 2 rings (SSSR count). The summed E-state index contributed by atoms with van der Waals surface area (Å²) in [6, 6.07) is 0.879. The van der Waals surface area contributed by atoms with E-state index in [1.54, 1.807) is 0 Å². The highest BCUT2D eigenvalue weighted by Gasteiger charge is 2.46. The van der Waals surface area contributed by atoms with E-state index < -0.39 is 17.4 Å². The number of halogens is 3. The number of hydrogen-bond acceptors (Lipinski definition) is 2. The molecule has 0 atom stereocenters. The second kappa shape index (κ2) is 2.59. The van der Waals surface area contributed by atoms with Gasteiger partial charge in [-0.1, -0.05) is 0 Å². The number of nitrogens with zero attached hydrogens (tertiary/aromatic N) is 2. The van der Waals surface area contributed by atoms with Gasteiger partial charge in [0.25, 0.3) is 0 Å². The standard InChI is InChI=1S/C8H7F3N2O/c9-8(10,11)6-1-4-13(12-6)7(5-14)2-3-7/h1,4-5H,2-3H2. The van der Waals surface area contributed by atoms with Gasteiger partial charge in [-0.25, -0.2) is 0 Å². The summed E-state index contributed by atoms with van der Waals surface area (Å²) in [5.41, 5.74) is -1.76. The minimum atomic E-state index is -4.44. The van der Waals surface area contributed by atoms with E-state index in [2.05, 4.69) is 5.10 Å². The fraction of sp³-hybridized carbons (Fsp3) is 0.500. The third-order valence-electron chi connectivity index (χ3n) is 2.32. The molecule has 1 aromatic heterocycles. The van der Waals surface area contributed by atoms with Gasteiger partial charge in [-0.05, 0) is 18.9 Å². The summed E-state index contributed by atoms with van der Waals surface area (Å²) in [5.74, 6) is 0. The molecule has 3 nitrogen and oxygen atoms in total. The molecular formula is C8H7F3N2O. The van der Waals surface area contributed by atoms with Crippen LogP contribution in [0.4, 0.5) is 13.2 Å². The van der Waals surface area contributed by atoms with E-state index in [4.69, 9.17) is 0 Å². The quantitative estimate of drug-likeness (QED) is 0.685. The molecule has 76 valence electrons. The maximum atomic E-state index is 12.1. The largest absolute Gasteiger partial charge is 0.435 e. The van der Waals surface area contributed by atoms with E-state index in [0.717, 1.165) is 10.7 Å². The van der Waals surface area contributed by atoms with E-state index >= 15 is 0 Å². The Morgan fingerprint density at radius 3 is 2.50 bits per heavy atom. The van der Waals surface area contributed by atoms with Crippen molar-refractivity contribution in [3.05, 3.63) is 18.0 Å². The molecule has 0 amide bonds. The second-order valence-electron chi connectivity index (χ2n) is 3.36. The molecule has 0 bridgehead atoms. The summed E-state index contributed by atoms with van der Waals surface area (Å²) in [6.07, 6.45) is -1.46. The van der Waals surface area contributed by atoms with Crippen molar-refractivity contribution in [2.45, 2.75) is 24.6 Å². The van der Waals surface area contributed by atoms with E-state index in [-0.39, 0.29) is 0 Å². The molecular weight excluding hydrogens is 197 g/mol. The van der Waals surface area contributed by atoms with E-state index in [1.165, 1.54) is 6.20 Å². The van der Waals surface area contributed by atoms with Crippen molar-refractivity contribution in [2.24, 2.45) is 0 Å². The van der Waals surface area contributed by atoms with Crippen molar-refractivity contribution in [1.82, 2.24) is 9.78 Å². The Hall–Kier alpha value is -1.33. The van der Waals surface area contributed by atoms with Crippen LogP contribution in [0.1, 0.15) is 18.5 Å². The Bertz CT molecular complexity index is 365. The maximum absolute atomic E-state index is 12.1. The van der Waals surface area contributed by atoms with Crippen LogP contribution < -0.4 is 0 Å². The zero-order chi connectivity index (χ0) is 10.4. The monoisotopic (exact) mass is 204 g/mol. The molecule has 0 radical (unpaired) electrons. The van der Waals surface area contributed by atoms with Gasteiger partial charge >= 0.3 is 6.18 Å².